The summed E-state index contributed by atoms with van der Waals surface area (Å²) >= 11 is 0. The third-order valence-electron chi connectivity index (χ3n) is 5.51. The van der Waals surface area contributed by atoms with Crippen molar-refractivity contribution in [1.82, 2.24) is 25.9 Å². The number of carboxylic acid groups (broad SMARTS) is 2. The molecule has 196 valence electrons. The number of hydrogen-bond donors (Lipinski definition) is 7. The number of amides is 3. The van der Waals surface area contributed by atoms with Crippen molar-refractivity contribution in [1.29, 1.82) is 0 Å². The number of nitrogens with zero attached hydrogens (tertiary/aromatic N) is 1. The summed E-state index contributed by atoms with van der Waals surface area (Å²) in [4.78, 5) is 68.0. The van der Waals surface area contributed by atoms with Crippen molar-refractivity contribution in [2.75, 3.05) is 0 Å². The third kappa shape index (κ3) is 10.1. The summed E-state index contributed by atoms with van der Waals surface area (Å²) in [5.74, 6) is -5.26. The van der Waals surface area contributed by atoms with Crippen LogP contribution in [0.25, 0.3) is 0 Å². The smallest absolute Gasteiger partial charge is 0.326 e. The van der Waals surface area contributed by atoms with Gasteiger partial charge in [-0.3, -0.25) is 19.2 Å². The molecule has 13 heteroatoms. The monoisotopic (exact) mass is 496 g/mol. The fourth-order valence-corrected chi connectivity index (χ4v) is 3.23. The van der Waals surface area contributed by atoms with Crippen LogP contribution in [0.3, 0.4) is 0 Å². The summed E-state index contributed by atoms with van der Waals surface area (Å²) in [5.41, 5.74) is 6.47. The van der Waals surface area contributed by atoms with E-state index < -0.39 is 60.2 Å². The molecule has 0 aromatic carbocycles. The molecule has 35 heavy (non-hydrogen) atoms. The number of aromatic nitrogens is 2. The highest BCUT2D eigenvalue weighted by atomic mass is 16.4. The van der Waals surface area contributed by atoms with Crippen molar-refractivity contribution in [3.8, 4) is 0 Å². The summed E-state index contributed by atoms with van der Waals surface area (Å²) in [6, 6.07) is -4.92. The molecule has 1 aromatic rings. The fourth-order valence-electron chi connectivity index (χ4n) is 3.23. The maximum atomic E-state index is 13.1. The van der Waals surface area contributed by atoms with Crippen molar-refractivity contribution in [2.24, 2.45) is 17.6 Å². The van der Waals surface area contributed by atoms with Crippen molar-refractivity contribution < 1.29 is 34.2 Å². The van der Waals surface area contributed by atoms with E-state index in [0.717, 1.165) is 0 Å². The Hall–Kier alpha value is -3.48. The van der Waals surface area contributed by atoms with Crippen molar-refractivity contribution >= 4 is 29.7 Å². The van der Waals surface area contributed by atoms with Gasteiger partial charge in [0.15, 0.2) is 0 Å². The maximum absolute atomic E-state index is 13.1. The molecule has 5 unspecified atom stereocenters. The molecule has 0 saturated heterocycles. The number of H-pyrrole nitrogens is 1. The summed E-state index contributed by atoms with van der Waals surface area (Å²) in [6.45, 7) is 7.19. The van der Waals surface area contributed by atoms with E-state index in [0.29, 0.717) is 12.1 Å². The number of carbonyl (C=O) groups excluding carboxylic acids is 3. The first kappa shape index (κ1) is 29.6. The Labute approximate surface area is 203 Å². The topological polar surface area (TPSA) is 217 Å². The first-order chi connectivity index (χ1) is 16.3. The number of aromatic amines is 1. The van der Waals surface area contributed by atoms with Gasteiger partial charge in [-0.2, -0.15) is 0 Å². The third-order valence-corrected chi connectivity index (χ3v) is 5.51. The lowest BCUT2D eigenvalue weighted by atomic mass is 9.98. The average molecular weight is 497 g/mol. The van der Waals surface area contributed by atoms with Gasteiger partial charge in [0.1, 0.15) is 18.1 Å². The Morgan fingerprint density at radius 3 is 2.03 bits per heavy atom. The van der Waals surface area contributed by atoms with E-state index in [1.54, 1.807) is 20.8 Å². The first-order valence-corrected chi connectivity index (χ1v) is 11.4. The molecular weight excluding hydrogens is 460 g/mol. The van der Waals surface area contributed by atoms with Crippen molar-refractivity contribution in [2.45, 2.75) is 77.5 Å². The second-order valence-corrected chi connectivity index (χ2v) is 8.94. The molecule has 0 aliphatic rings. The van der Waals surface area contributed by atoms with Crippen LogP contribution in [0.5, 0.6) is 0 Å². The average Bonchev–Trinajstić information content (AvgIpc) is 3.28. The Morgan fingerprint density at radius 1 is 0.971 bits per heavy atom. The van der Waals surface area contributed by atoms with Crippen LogP contribution in [-0.4, -0.2) is 74.0 Å². The number of imidazole rings is 1. The van der Waals surface area contributed by atoms with Crippen LogP contribution in [0.4, 0.5) is 0 Å². The Balaban J connectivity index is 3.08. The fraction of sp³-hybridized carbons (Fsp3) is 0.636. The van der Waals surface area contributed by atoms with E-state index >= 15 is 0 Å². The Bertz CT molecular complexity index is 874. The summed E-state index contributed by atoms with van der Waals surface area (Å²) in [7, 11) is 0. The Morgan fingerprint density at radius 2 is 1.54 bits per heavy atom. The molecular formula is C22H36N6O7. The van der Waals surface area contributed by atoms with Gasteiger partial charge in [0, 0.05) is 18.3 Å². The summed E-state index contributed by atoms with van der Waals surface area (Å²) in [5, 5.41) is 25.8. The molecule has 3 amide bonds. The highest BCUT2D eigenvalue weighted by Crippen LogP contribution is 2.09. The zero-order valence-corrected chi connectivity index (χ0v) is 20.4. The van der Waals surface area contributed by atoms with E-state index in [1.165, 1.54) is 12.5 Å². The number of rotatable bonds is 15. The number of nitrogens with two attached hydrogens (primary N) is 1. The van der Waals surface area contributed by atoms with E-state index in [4.69, 9.17) is 5.73 Å². The quantitative estimate of drug-likeness (QED) is 0.164. The predicted octanol–water partition coefficient (Wildman–Crippen LogP) is -0.615. The van der Waals surface area contributed by atoms with Crippen LogP contribution in [0.1, 0.15) is 52.7 Å². The molecule has 0 aliphatic heterocycles. The second kappa shape index (κ2) is 14.0. The van der Waals surface area contributed by atoms with Gasteiger partial charge in [0.25, 0.3) is 0 Å². The molecule has 0 radical (unpaired) electrons. The van der Waals surface area contributed by atoms with Gasteiger partial charge in [0.2, 0.25) is 17.7 Å². The van der Waals surface area contributed by atoms with Crippen molar-refractivity contribution in [3.05, 3.63) is 18.2 Å². The number of nitrogens with one attached hydrogen (secondary N) is 4. The molecule has 0 saturated carbocycles. The van der Waals surface area contributed by atoms with Gasteiger partial charge in [-0.25, -0.2) is 9.78 Å². The minimum Gasteiger partial charge on any atom is -0.481 e. The van der Waals surface area contributed by atoms with Crippen molar-refractivity contribution in [3.63, 3.8) is 0 Å². The van der Waals surface area contributed by atoms with Gasteiger partial charge in [-0.05, 0) is 18.3 Å². The van der Waals surface area contributed by atoms with E-state index in [9.17, 15) is 34.2 Å². The number of carbonyl (C=O) groups is 5. The molecule has 0 bridgehead atoms. The number of hydrogen-bond acceptors (Lipinski definition) is 7. The number of aliphatic carboxylic acids is 2. The van der Waals surface area contributed by atoms with Gasteiger partial charge in [-0.15, -0.1) is 0 Å². The van der Waals surface area contributed by atoms with Crippen LogP contribution < -0.4 is 21.7 Å². The zero-order chi connectivity index (χ0) is 26.7. The second-order valence-electron chi connectivity index (χ2n) is 8.94. The normalized spacial score (nSPS) is 15.4. The first-order valence-electron chi connectivity index (χ1n) is 11.4. The number of carboxylic acids is 2. The largest absolute Gasteiger partial charge is 0.481 e. The molecule has 13 nitrogen and oxygen atoms in total. The van der Waals surface area contributed by atoms with Gasteiger partial charge < -0.3 is 36.9 Å². The summed E-state index contributed by atoms with van der Waals surface area (Å²) in [6.07, 6.45) is 2.76. The predicted molar refractivity (Wildman–Crippen MR) is 125 cm³/mol. The van der Waals surface area contributed by atoms with E-state index in [-0.39, 0.29) is 24.7 Å². The molecule has 1 aromatic heterocycles. The van der Waals surface area contributed by atoms with Gasteiger partial charge in [0.05, 0.1) is 18.8 Å². The van der Waals surface area contributed by atoms with Crippen LogP contribution >= 0.6 is 0 Å². The van der Waals surface area contributed by atoms with E-state index in [2.05, 4.69) is 25.9 Å². The molecule has 0 fully saturated rings. The lowest BCUT2D eigenvalue weighted by molar-refractivity contribution is -0.144. The zero-order valence-electron chi connectivity index (χ0n) is 20.4. The van der Waals surface area contributed by atoms with Gasteiger partial charge in [-0.1, -0.05) is 34.1 Å². The highest BCUT2D eigenvalue weighted by molar-refractivity contribution is 5.95. The van der Waals surface area contributed by atoms with Crippen LogP contribution in [0.15, 0.2) is 12.5 Å². The molecule has 1 heterocycles. The molecule has 0 spiro atoms. The SMILES string of the molecule is CCC(C)C(N)C(=O)NC(Cc1cnc[nH]1)C(=O)NC(CC(=O)O)C(=O)NC(CC(C)C)C(=O)O. The minimum absolute atomic E-state index is 0.0304. The minimum atomic E-state index is -1.57. The lowest BCUT2D eigenvalue weighted by Crippen LogP contribution is -2.58. The Kier molecular flexibility index (Phi) is 11.9. The van der Waals surface area contributed by atoms with Gasteiger partial charge >= 0.3 is 11.9 Å². The molecule has 0 aliphatic carbocycles. The van der Waals surface area contributed by atoms with Crippen LogP contribution in [-0.2, 0) is 30.4 Å². The van der Waals surface area contributed by atoms with Crippen LogP contribution in [0, 0.1) is 11.8 Å². The standard InChI is InChI=1S/C22H36N6O7/c1-5-12(4)18(23)21(33)27-14(7-13-9-24-10-25-13)19(31)26-15(8-17(29)30)20(32)28-16(22(34)35)6-11(2)3/h9-12,14-16,18H,5-8,23H2,1-4H3,(H,24,25)(H,26,31)(H,27,33)(H,28,32)(H,29,30)(H,34,35). The maximum Gasteiger partial charge on any atom is 0.326 e. The molecule has 8 N–H and O–H groups in total. The lowest BCUT2D eigenvalue weighted by Gasteiger charge is -2.25. The highest BCUT2D eigenvalue weighted by Gasteiger charge is 2.32. The summed E-state index contributed by atoms with van der Waals surface area (Å²) < 4.78 is 0. The molecule has 1 rings (SSSR count). The van der Waals surface area contributed by atoms with Crippen LogP contribution in [0.2, 0.25) is 0 Å². The van der Waals surface area contributed by atoms with E-state index in [1.807, 2.05) is 6.92 Å². The molecule has 5 atom stereocenters.